The topological polar surface area (TPSA) is 40.5 Å². The highest BCUT2D eigenvalue weighted by molar-refractivity contribution is 5.96. The first kappa shape index (κ1) is 13.6. The molecule has 0 saturated heterocycles. The van der Waals surface area contributed by atoms with Crippen LogP contribution in [0.25, 0.3) is 0 Å². The Labute approximate surface area is 103 Å². The Morgan fingerprint density at radius 3 is 2.29 bits per heavy atom. The maximum Gasteiger partial charge on any atom is 0.257 e. The zero-order valence-electron chi connectivity index (χ0n) is 11.0. The summed E-state index contributed by atoms with van der Waals surface area (Å²) in [5, 5.41) is 9.70. The molecule has 1 aromatic carbocycles. The number of carbonyl (C=O) groups excluding carboxylic acids is 1. The van der Waals surface area contributed by atoms with Crippen molar-refractivity contribution in [2.24, 2.45) is 5.92 Å². The van der Waals surface area contributed by atoms with Crippen LogP contribution >= 0.6 is 0 Å². The predicted octanol–water partition coefficient (Wildman–Crippen LogP) is 2.90. The van der Waals surface area contributed by atoms with Gasteiger partial charge in [0.25, 0.3) is 5.91 Å². The maximum atomic E-state index is 12.3. The molecule has 1 amide bonds. The van der Waals surface area contributed by atoms with Crippen LogP contribution in [0.2, 0.25) is 0 Å². The van der Waals surface area contributed by atoms with Crippen molar-refractivity contribution in [2.75, 3.05) is 6.54 Å². The molecule has 0 aromatic heterocycles. The summed E-state index contributed by atoms with van der Waals surface area (Å²) in [6, 6.07) is 6.81. The van der Waals surface area contributed by atoms with Crippen molar-refractivity contribution >= 4 is 5.91 Å². The fourth-order valence-electron chi connectivity index (χ4n) is 1.73. The first-order valence-corrected chi connectivity index (χ1v) is 6.02. The van der Waals surface area contributed by atoms with Crippen LogP contribution in [0.4, 0.5) is 0 Å². The number of hydrogen-bond donors (Lipinski definition) is 1. The summed E-state index contributed by atoms with van der Waals surface area (Å²) in [7, 11) is 0. The Morgan fingerprint density at radius 2 is 1.82 bits per heavy atom. The van der Waals surface area contributed by atoms with E-state index >= 15 is 0 Å². The second-order valence-electron chi connectivity index (χ2n) is 4.96. The molecule has 0 bridgehead atoms. The number of aromatic hydroxyl groups is 1. The zero-order valence-corrected chi connectivity index (χ0v) is 11.0. The fourth-order valence-corrected chi connectivity index (χ4v) is 1.73. The molecule has 0 unspecified atom stereocenters. The van der Waals surface area contributed by atoms with Crippen LogP contribution in [-0.2, 0) is 0 Å². The lowest BCUT2D eigenvalue weighted by atomic mass is 10.1. The molecule has 0 saturated carbocycles. The Morgan fingerprint density at radius 1 is 1.24 bits per heavy atom. The number of hydrogen-bond acceptors (Lipinski definition) is 2. The zero-order chi connectivity index (χ0) is 13.0. The molecule has 0 aliphatic rings. The number of carbonyl (C=O) groups is 1. The highest BCUT2D eigenvalue weighted by Gasteiger charge is 2.21. The Balaban J connectivity index is 2.96. The van der Waals surface area contributed by atoms with E-state index in [0.29, 0.717) is 18.0 Å². The molecule has 0 aliphatic carbocycles. The third kappa shape index (κ3) is 3.48. The molecule has 17 heavy (non-hydrogen) atoms. The van der Waals surface area contributed by atoms with E-state index in [2.05, 4.69) is 13.8 Å². The van der Waals surface area contributed by atoms with Crippen molar-refractivity contribution in [1.82, 2.24) is 4.90 Å². The van der Waals surface area contributed by atoms with Crippen molar-refractivity contribution in [3.05, 3.63) is 29.8 Å². The normalized spacial score (nSPS) is 10.9. The van der Waals surface area contributed by atoms with Gasteiger partial charge in [0.2, 0.25) is 0 Å². The van der Waals surface area contributed by atoms with E-state index in [9.17, 15) is 9.90 Å². The van der Waals surface area contributed by atoms with Gasteiger partial charge in [-0.3, -0.25) is 4.79 Å². The standard InChI is InChI=1S/C14H21NO2/c1-10(2)9-15(11(3)4)14(17)12-7-5-6-8-13(12)16/h5-8,10-11,16H,9H2,1-4H3. The molecule has 0 radical (unpaired) electrons. The number of phenolic OH excluding ortho intramolecular Hbond substituents is 1. The van der Waals surface area contributed by atoms with Gasteiger partial charge in [-0.05, 0) is 31.9 Å². The number of rotatable bonds is 4. The summed E-state index contributed by atoms with van der Waals surface area (Å²) in [6.07, 6.45) is 0. The number of phenols is 1. The number of amides is 1. The van der Waals surface area contributed by atoms with Crippen LogP contribution in [0.15, 0.2) is 24.3 Å². The van der Waals surface area contributed by atoms with E-state index < -0.39 is 0 Å². The van der Waals surface area contributed by atoms with Crippen molar-refractivity contribution in [2.45, 2.75) is 33.7 Å². The van der Waals surface area contributed by atoms with Gasteiger partial charge in [-0.25, -0.2) is 0 Å². The Hall–Kier alpha value is -1.51. The van der Waals surface area contributed by atoms with Gasteiger partial charge in [-0.2, -0.15) is 0 Å². The quantitative estimate of drug-likeness (QED) is 0.871. The minimum atomic E-state index is -0.105. The lowest BCUT2D eigenvalue weighted by Crippen LogP contribution is -2.39. The average Bonchev–Trinajstić information content (AvgIpc) is 2.25. The van der Waals surface area contributed by atoms with Gasteiger partial charge in [-0.15, -0.1) is 0 Å². The van der Waals surface area contributed by atoms with Crippen molar-refractivity contribution in [3.63, 3.8) is 0 Å². The van der Waals surface area contributed by atoms with Crippen LogP contribution in [0.3, 0.4) is 0 Å². The Kier molecular flexibility index (Phi) is 4.55. The summed E-state index contributed by atoms with van der Waals surface area (Å²) < 4.78 is 0. The van der Waals surface area contributed by atoms with Crippen LogP contribution < -0.4 is 0 Å². The van der Waals surface area contributed by atoms with Gasteiger partial charge in [-0.1, -0.05) is 26.0 Å². The lowest BCUT2D eigenvalue weighted by Gasteiger charge is -2.28. The Bertz CT molecular complexity index is 386. The van der Waals surface area contributed by atoms with Gasteiger partial charge in [0, 0.05) is 12.6 Å². The number of benzene rings is 1. The van der Waals surface area contributed by atoms with Gasteiger partial charge < -0.3 is 10.0 Å². The minimum Gasteiger partial charge on any atom is -0.507 e. The van der Waals surface area contributed by atoms with Gasteiger partial charge >= 0.3 is 0 Å². The van der Waals surface area contributed by atoms with Crippen LogP contribution in [0.1, 0.15) is 38.1 Å². The maximum absolute atomic E-state index is 12.3. The molecule has 0 aliphatic heterocycles. The summed E-state index contributed by atoms with van der Waals surface area (Å²) >= 11 is 0. The fraction of sp³-hybridized carbons (Fsp3) is 0.500. The van der Waals surface area contributed by atoms with Crippen LogP contribution in [0, 0.1) is 5.92 Å². The summed E-state index contributed by atoms with van der Waals surface area (Å²) in [5.74, 6) is 0.353. The van der Waals surface area contributed by atoms with Gasteiger partial charge in [0.15, 0.2) is 0 Å². The second kappa shape index (κ2) is 5.71. The van der Waals surface area contributed by atoms with E-state index in [1.807, 2.05) is 13.8 Å². The highest BCUT2D eigenvalue weighted by Crippen LogP contribution is 2.19. The first-order chi connectivity index (χ1) is 7.93. The van der Waals surface area contributed by atoms with E-state index in [0.717, 1.165) is 0 Å². The third-order valence-corrected chi connectivity index (χ3v) is 2.58. The van der Waals surface area contributed by atoms with E-state index in [1.165, 1.54) is 0 Å². The molecule has 1 N–H and O–H groups in total. The van der Waals surface area contributed by atoms with E-state index in [1.54, 1.807) is 29.2 Å². The molecular formula is C14H21NO2. The third-order valence-electron chi connectivity index (χ3n) is 2.58. The molecule has 1 aromatic rings. The number of para-hydroxylation sites is 1. The monoisotopic (exact) mass is 235 g/mol. The van der Waals surface area contributed by atoms with Crippen molar-refractivity contribution < 1.29 is 9.90 Å². The van der Waals surface area contributed by atoms with E-state index in [4.69, 9.17) is 0 Å². The molecule has 3 heteroatoms. The van der Waals surface area contributed by atoms with E-state index in [-0.39, 0.29) is 17.7 Å². The smallest absolute Gasteiger partial charge is 0.257 e. The first-order valence-electron chi connectivity index (χ1n) is 6.02. The molecule has 94 valence electrons. The minimum absolute atomic E-state index is 0.0481. The van der Waals surface area contributed by atoms with Crippen molar-refractivity contribution in [1.29, 1.82) is 0 Å². The largest absolute Gasteiger partial charge is 0.507 e. The summed E-state index contributed by atoms with van der Waals surface area (Å²) in [6.45, 7) is 8.83. The predicted molar refractivity (Wildman–Crippen MR) is 69.1 cm³/mol. The van der Waals surface area contributed by atoms with Crippen molar-refractivity contribution in [3.8, 4) is 5.75 Å². The number of nitrogens with zero attached hydrogens (tertiary/aromatic N) is 1. The summed E-state index contributed by atoms with van der Waals surface area (Å²) in [5.41, 5.74) is 0.377. The molecule has 0 heterocycles. The molecule has 0 spiro atoms. The second-order valence-corrected chi connectivity index (χ2v) is 4.96. The molecular weight excluding hydrogens is 214 g/mol. The molecule has 0 atom stereocenters. The van der Waals surface area contributed by atoms with Gasteiger partial charge in [0.1, 0.15) is 5.75 Å². The summed E-state index contributed by atoms with van der Waals surface area (Å²) in [4.78, 5) is 14.1. The molecule has 0 fully saturated rings. The lowest BCUT2D eigenvalue weighted by molar-refractivity contribution is 0.0679. The average molecular weight is 235 g/mol. The molecule has 1 rings (SSSR count). The van der Waals surface area contributed by atoms with Gasteiger partial charge in [0.05, 0.1) is 5.56 Å². The van der Waals surface area contributed by atoms with Crippen LogP contribution in [0.5, 0.6) is 5.75 Å². The molecule has 3 nitrogen and oxygen atoms in total. The SMILES string of the molecule is CC(C)CN(C(=O)c1ccccc1O)C(C)C. The van der Waals surface area contributed by atoms with Crippen LogP contribution in [-0.4, -0.2) is 28.5 Å². The highest BCUT2D eigenvalue weighted by atomic mass is 16.3.